The molecule has 0 aromatic carbocycles. The minimum absolute atomic E-state index is 0.0974. The summed E-state index contributed by atoms with van der Waals surface area (Å²) in [5, 5.41) is 1.08. The van der Waals surface area contributed by atoms with Crippen LogP contribution < -0.4 is 5.32 Å². The summed E-state index contributed by atoms with van der Waals surface area (Å²) in [6, 6.07) is 0. The van der Waals surface area contributed by atoms with Gasteiger partial charge < -0.3 is 5.32 Å². The van der Waals surface area contributed by atoms with Gasteiger partial charge in [0.05, 0.1) is 0 Å². The van der Waals surface area contributed by atoms with E-state index in [1.165, 1.54) is 6.92 Å². The molecule has 0 fully saturated rings. The number of hydrogen-bond acceptors (Lipinski definition) is 1. The topological polar surface area (TPSA) is 12.0 Å². The first-order valence-electron chi connectivity index (χ1n) is 5.14. The lowest BCUT2D eigenvalue weighted by atomic mass is 10.0. The van der Waals surface area contributed by atoms with Crippen LogP contribution in [-0.4, -0.2) is 30.7 Å². The van der Waals surface area contributed by atoms with Crippen molar-refractivity contribution in [3.05, 3.63) is 11.5 Å². The van der Waals surface area contributed by atoms with E-state index in [4.69, 9.17) is 0 Å². The van der Waals surface area contributed by atoms with E-state index >= 15 is 0 Å². The molecule has 0 saturated carbocycles. The predicted molar refractivity (Wildman–Crippen MR) is 48.4 cm³/mol. The van der Waals surface area contributed by atoms with Gasteiger partial charge in [0.25, 0.3) is 0 Å². The molecule has 0 unspecified atom stereocenters. The van der Waals surface area contributed by atoms with Crippen LogP contribution in [0.25, 0.3) is 0 Å². The number of hydrogen-bond donors (Lipinski definition) is 1. The number of nitrogens with one attached hydrogen (secondary N) is 1. The fraction of sp³-hybridized carbons (Fsp3) is 0.778. The highest BCUT2D eigenvalue weighted by molar-refractivity contribution is 5.26. The molecule has 21 heavy (non-hydrogen) atoms. The second kappa shape index (κ2) is 5.87. The Morgan fingerprint density at radius 3 is 1.57 bits per heavy atom. The number of rotatable bonds is 5. The van der Waals surface area contributed by atoms with Gasteiger partial charge in [0.1, 0.15) is 0 Å². The number of alkyl halides is 10. The van der Waals surface area contributed by atoms with Crippen molar-refractivity contribution >= 4 is 0 Å². The third kappa shape index (κ3) is 3.90. The Labute approximate surface area is 110 Å². The van der Waals surface area contributed by atoms with Crippen molar-refractivity contribution in [2.45, 2.75) is 37.5 Å². The third-order valence-corrected chi connectivity index (χ3v) is 2.10. The first-order chi connectivity index (χ1) is 9.10. The maximum Gasteiger partial charge on any atom is 0.460 e. The molecule has 12 heteroatoms. The normalized spacial score (nSPS) is 15.8. The van der Waals surface area contributed by atoms with Gasteiger partial charge in [-0.1, -0.05) is 6.92 Å². The largest absolute Gasteiger partial charge is 0.460 e. The highest BCUT2D eigenvalue weighted by Crippen LogP contribution is 2.53. The zero-order valence-electron chi connectivity index (χ0n) is 10.1. The minimum Gasteiger partial charge on any atom is -0.362 e. The molecule has 0 radical (unpaired) electrons. The van der Waals surface area contributed by atoms with Crippen LogP contribution in [0, 0.1) is 0 Å². The van der Waals surface area contributed by atoms with Gasteiger partial charge in [0.15, 0.2) is 5.57 Å². The Morgan fingerprint density at radius 1 is 0.857 bits per heavy atom. The molecule has 0 spiro atoms. The number of allylic oxidation sites excluding steroid dienone is 1. The summed E-state index contributed by atoms with van der Waals surface area (Å²) < 4.78 is 137. The molecule has 0 aliphatic carbocycles. The van der Waals surface area contributed by atoms with Gasteiger partial charge in [-0.05, 0) is 6.42 Å². The molecule has 0 rings (SSSR count). The zero-order chi connectivity index (χ0) is 17.3. The van der Waals surface area contributed by atoms with Crippen LogP contribution in [0.5, 0.6) is 0 Å². The van der Waals surface area contributed by atoms with Gasteiger partial charge in [-0.2, -0.15) is 48.3 Å². The van der Waals surface area contributed by atoms with Crippen LogP contribution >= 0.6 is 0 Å². The quantitative estimate of drug-likeness (QED) is 0.572. The lowest BCUT2D eigenvalue weighted by Gasteiger charge is -2.30. The first kappa shape index (κ1) is 19.8. The first-order valence-corrected chi connectivity index (χ1v) is 5.14. The Morgan fingerprint density at radius 2 is 1.29 bits per heavy atom. The SMILES string of the molecule is CCCNC(F)=C(C(F)(F)F)C(F)(F)C(F)(F)C(F)(F)F. The molecule has 0 aliphatic rings. The van der Waals surface area contributed by atoms with Crippen molar-refractivity contribution in [2.24, 2.45) is 0 Å². The lowest BCUT2D eigenvalue weighted by Crippen LogP contribution is -2.55. The molecule has 0 amide bonds. The van der Waals surface area contributed by atoms with Gasteiger partial charge in [0.2, 0.25) is 5.95 Å². The molecule has 0 atom stereocenters. The Kier molecular flexibility index (Phi) is 5.53. The summed E-state index contributed by atoms with van der Waals surface area (Å²) in [6.45, 7) is 0.578. The van der Waals surface area contributed by atoms with Crippen LogP contribution in [0.1, 0.15) is 13.3 Å². The summed E-state index contributed by atoms with van der Waals surface area (Å²) >= 11 is 0. The maximum atomic E-state index is 13.0. The minimum atomic E-state index is -7.10. The van der Waals surface area contributed by atoms with Crippen LogP contribution in [0.4, 0.5) is 48.3 Å². The summed E-state index contributed by atoms with van der Waals surface area (Å²) in [4.78, 5) is 0. The van der Waals surface area contributed by atoms with Crippen molar-refractivity contribution in [1.82, 2.24) is 5.32 Å². The summed E-state index contributed by atoms with van der Waals surface area (Å²) in [5.74, 6) is -16.9. The molecule has 0 aliphatic heterocycles. The molecular weight excluding hydrogens is 331 g/mol. The van der Waals surface area contributed by atoms with Crippen molar-refractivity contribution in [3.63, 3.8) is 0 Å². The van der Waals surface area contributed by atoms with Crippen molar-refractivity contribution in [3.8, 4) is 0 Å². The third-order valence-electron chi connectivity index (χ3n) is 2.10. The number of halogens is 11. The Balaban J connectivity index is 6.08. The van der Waals surface area contributed by atoms with Gasteiger partial charge in [-0.25, -0.2) is 0 Å². The van der Waals surface area contributed by atoms with E-state index in [0.717, 1.165) is 5.32 Å². The van der Waals surface area contributed by atoms with E-state index in [1.54, 1.807) is 0 Å². The molecule has 0 saturated heterocycles. The van der Waals surface area contributed by atoms with E-state index in [2.05, 4.69) is 0 Å². The predicted octanol–water partition coefficient (Wildman–Crippen LogP) is 4.56. The van der Waals surface area contributed by atoms with Gasteiger partial charge in [0, 0.05) is 6.54 Å². The second-order valence-electron chi connectivity index (χ2n) is 3.76. The van der Waals surface area contributed by atoms with Crippen LogP contribution in [-0.2, 0) is 0 Å². The molecule has 0 heterocycles. The van der Waals surface area contributed by atoms with E-state index in [-0.39, 0.29) is 6.42 Å². The molecule has 0 aromatic rings. The molecule has 0 aromatic heterocycles. The smallest absolute Gasteiger partial charge is 0.362 e. The lowest BCUT2D eigenvalue weighted by molar-refractivity contribution is -0.351. The fourth-order valence-electron chi connectivity index (χ4n) is 1.10. The van der Waals surface area contributed by atoms with Crippen molar-refractivity contribution in [2.75, 3.05) is 6.54 Å². The zero-order valence-corrected chi connectivity index (χ0v) is 10.1. The van der Waals surface area contributed by atoms with Crippen molar-refractivity contribution < 1.29 is 48.3 Å². The second-order valence-corrected chi connectivity index (χ2v) is 3.76. The van der Waals surface area contributed by atoms with E-state index in [0.29, 0.717) is 0 Å². The van der Waals surface area contributed by atoms with Gasteiger partial charge in [-0.3, -0.25) is 0 Å². The van der Waals surface area contributed by atoms with Gasteiger partial charge in [-0.15, -0.1) is 0 Å². The van der Waals surface area contributed by atoms with Crippen LogP contribution in [0.2, 0.25) is 0 Å². The van der Waals surface area contributed by atoms with Crippen LogP contribution in [0.3, 0.4) is 0 Å². The van der Waals surface area contributed by atoms with Crippen molar-refractivity contribution in [1.29, 1.82) is 0 Å². The molecule has 1 N–H and O–H groups in total. The van der Waals surface area contributed by atoms with E-state index in [9.17, 15) is 48.3 Å². The van der Waals surface area contributed by atoms with Gasteiger partial charge >= 0.3 is 24.2 Å². The fourth-order valence-corrected chi connectivity index (χ4v) is 1.10. The van der Waals surface area contributed by atoms with E-state index < -0.39 is 42.3 Å². The van der Waals surface area contributed by atoms with Crippen LogP contribution in [0.15, 0.2) is 11.5 Å². The average Bonchev–Trinajstić information content (AvgIpc) is 2.21. The summed E-state index contributed by atoms with van der Waals surface area (Å²) in [5.41, 5.74) is -3.91. The standard InChI is InChI=1S/C9H8F11N/c1-2-3-21-5(10)4(7(13,14)15)6(11,12)8(16,17)9(18,19)20/h21H,2-3H2,1H3. The molecule has 0 bridgehead atoms. The average molecular weight is 339 g/mol. The molecule has 126 valence electrons. The molecular formula is C9H8F11N. The maximum absolute atomic E-state index is 13.0. The molecule has 1 nitrogen and oxygen atoms in total. The summed E-state index contributed by atoms with van der Waals surface area (Å²) in [6.07, 6.45) is -13.5. The highest BCUT2D eigenvalue weighted by atomic mass is 19.4. The Hall–Kier alpha value is -1.23. The Bertz CT molecular complexity index is 389. The van der Waals surface area contributed by atoms with E-state index in [1.807, 2.05) is 0 Å². The highest BCUT2D eigenvalue weighted by Gasteiger charge is 2.78. The monoisotopic (exact) mass is 339 g/mol. The summed E-state index contributed by atoms with van der Waals surface area (Å²) in [7, 11) is 0.